The Hall–Kier alpha value is -2.73. The number of carbonyl (C=O) groups excluding carboxylic acids is 1. The van der Waals surface area contributed by atoms with Gasteiger partial charge >= 0.3 is 5.97 Å². The number of nitrogens with zero attached hydrogens (tertiary/aromatic N) is 2. The highest BCUT2D eigenvalue weighted by Gasteiger charge is 2.24. The van der Waals surface area contributed by atoms with Crippen molar-refractivity contribution in [2.75, 3.05) is 31.1 Å². The van der Waals surface area contributed by atoms with Gasteiger partial charge in [-0.1, -0.05) is 23.7 Å². The predicted octanol–water partition coefficient (Wildman–Crippen LogP) is 2.71. The van der Waals surface area contributed by atoms with Crippen LogP contribution >= 0.6 is 11.6 Å². The van der Waals surface area contributed by atoms with Crippen molar-refractivity contribution in [3.8, 4) is 5.75 Å². The normalized spacial score (nSPS) is 14.4. The Morgan fingerprint density at radius 2 is 1.64 bits per heavy atom. The first kappa shape index (κ1) is 17.1. The molecule has 3 rings (SSSR count). The fraction of sp³-hybridized carbons (Fsp3) is 0.222. The van der Waals surface area contributed by atoms with Gasteiger partial charge in [-0.05, 0) is 30.3 Å². The lowest BCUT2D eigenvalue weighted by Crippen LogP contribution is -2.48. The van der Waals surface area contributed by atoms with E-state index in [1.54, 1.807) is 35.2 Å². The highest BCUT2D eigenvalue weighted by molar-refractivity contribution is 6.33. The van der Waals surface area contributed by atoms with Gasteiger partial charge in [-0.3, -0.25) is 4.79 Å². The third kappa shape index (κ3) is 3.53. The Morgan fingerprint density at radius 1 is 0.960 bits per heavy atom. The van der Waals surface area contributed by atoms with Gasteiger partial charge in [-0.25, -0.2) is 4.79 Å². The molecule has 2 aromatic carbocycles. The number of piperazine rings is 1. The van der Waals surface area contributed by atoms with Crippen LogP contribution in [0.3, 0.4) is 0 Å². The molecule has 1 amide bonds. The molecule has 25 heavy (non-hydrogen) atoms. The van der Waals surface area contributed by atoms with Crippen LogP contribution in [0.25, 0.3) is 0 Å². The molecule has 0 saturated carbocycles. The zero-order chi connectivity index (χ0) is 18.0. The van der Waals surface area contributed by atoms with E-state index in [4.69, 9.17) is 16.7 Å². The Kier molecular flexibility index (Phi) is 4.81. The molecule has 1 aliphatic heterocycles. The van der Waals surface area contributed by atoms with E-state index in [-0.39, 0.29) is 17.2 Å². The molecule has 1 fully saturated rings. The Balaban J connectivity index is 1.70. The molecule has 1 saturated heterocycles. The Labute approximate surface area is 149 Å². The van der Waals surface area contributed by atoms with E-state index in [0.29, 0.717) is 42.5 Å². The minimum absolute atomic E-state index is 0.109. The third-order valence-corrected chi connectivity index (χ3v) is 4.58. The van der Waals surface area contributed by atoms with Gasteiger partial charge < -0.3 is 20.0 Å². The maximum atomic E-state index is 12.6. The molecule has 2 N–H and O–H groups in total. The molecule has 0 radical (unpaired) electrons. The number of anilines is 1. The van der Waals surface area contributed by atoms with Gasteiger partial charge in [-0.15, -0.1) is 0 Å². The number of carboxylic acids is 1. The Morgan fingerprint density at radius 3 is 2.28 bits per heavy atom. The molecule has 130 valence electrons. The summed E-state index contributed by atoms with van der Waals surface area (Å²) in [6.07, 6.45) is 0. The molecule has 0 bridgehead atoms. The number of aromatic carboxylic acids is 1. The second kappa shape index (κ2) is 7.03. The number of hydrogen-bond donors (Lipinski definition) is 2. The predicted molar refractivity (Wildman–Crippen MR) is 94.6 cm³/mol. The molecular formula is C18H17ClN2O4. The van der Waals surface area contributed by atoms with Crippen molar-refractivity contribution in [3.63, 3.8) is 0 Å². The average Bonchev–Trinajstić information content (AvgIpc) is 2.62. The van der Waals surface area contributed by atoms with E-state index in [0.717, 1.165) is 0 Å². The summed E-state index contributed by atoms with van der Waals surface area (Å²) in [6.45, 7) is 2.15. The van der Waals surface area contributed by atoms with Gasteiger partial charge in [0.15, 0.2) is 0 Å². The van der Waals surface area contributed by atoms with Gasteiger partial charge in [0, 0.05) is 31.9 Å². The number of carbonyl (C=O) groups is 2. The lowest BCUT2D eigenvalue weighted by atomic mass is 10.1. The monoisotopic (exact) mass is 360 g/mol. The standard InChI is InChI=1S/C18H17ClN2O4/c19-15-4-2-1-3-13(15)17(23)21-9-7-20(8-10-21)12-5-6-16(22)14(11-12)18(24)25/h1-6,11,22H,7-10H2,(H,24,25). The summed E-state index contributed by atoms with van der Waals surface area (Å²) in [5.41, 5.74) is 1.06. The van der Waals surface area contributed by atoms with E-state index < -0.39 is 5.97 Å². The highest BCUT2D eigenvalue weighted by Crippen LogP contribution is 2.25. The minimum Gasteiger partial charge on any atom is -0.507 e. The van der Waals surface area contributed by atoms with Gasteiger partial charge in [0.25, 0.3) is 5.91 Å². The first-order chi connectivity index (χ1) is 12.0. The first-order valence-corrected chi connectivity index (χ1v) is 8.20. The summed E-state index contributed by atoms with van der Waals surface area (Å²) in [6, 6.07) is 11.4. The van der Waals surface area contributed by atoms with Crippen LogP contribution in [-0.4, -0.2) is 53.2 Å². The molecule has 0 spiro atoms. The quantitative estimate of drug-likeness (QED) is 0.879. The maximum absolute atomic E-state index is 12.6. The smallest absolute Gasteiger partial charge is 0.339 e. The largest absolute Gasteiger partial charge is 0.507 e. The maximum Gasteiger partial charge on any atom is 0.339 e. The van der Waals surface area contributed by atoms with E-state index in [9.17, 15) is 14.7 Å². The van der Waals surface area contributed by atoms with Gasteiger partial charge in [-0.2, -0.15) is 0 Å². The van der Waals surface area contributed by atoms with E-state index in [1.807, 2.05) is 4.90 Å². The number of halogens is 1. The number of benzene rings is 2. The van der Waals surface area contributed by atoms with Crippen molar-refractivity contribution in [1.29, 1.82) is 0 Å². The second-order valence-electron chi connectivity index (χ2n) is 5.77. The molecule has 1 heterocycles. The summed E-state index contributed by atoms with van der Waals surface area (Å²) in [5, 5.41) is 19.1. The summed E-state index contributed by atoms with van der Waals surface area (Å²) in [4.78, 5) is 27.4. The number of carboxylic acid groups (broad SMARTS) is 1. The molecule has 2 aromatic rings. The molecule has 0 aromatic heterocycles. The first-order valence-electron chi connectivity index (χ1n) is 7.82. The van der Waals surface area contributed by atoms with Crippen LogP contribution in [0.1, 0.15) is 20.7 Å². The lowest BCUT2D eigenvalue weighted by Gasteiger charge is -2.36. The zero-order valence-electron chi connectivity index (χ0n) is 13.4. The van der Waals surface area contributed by atoms with Crippen LogP contribution in [0.2, 0.25) is 5.02 Å². The topological polar surface area (TPSA) is 81.1 Å². The molecular weight excluding hydrogens is 344 g/mol. The van der Waals surface area contributed by atoms with Crippen LogP contribution < -0.4 is 4.90 Å². The molecule has 0 aliphatic carbocycles. The van der Waals surface area contributed by atoms with E-state index in [1.165, 1.54) is 12.1 Å². The fourth-order valence-electron chi connectivity index (χ4n) is 2.86. The number of rotatable bonds is 3. The van der Waals surface area contributed by atoms with Crippen molar-refractivity contribution in [2.45, 2.75) is 0 Å². The van der Waals surface area contributed by atoms with Crippen LogP contribution in [0.15, 0.2) is 42.5 Å². The fourth-order valence-corrected chi connectivity index (χ4v) is 3.08. The number of amides is 1. The van der Waals surface area contributed by atoms with Gasteiger partial charge in [0.1, 0.15) is 11.3 Å². The highest BCUT2D eigenvalue weighted by atomic mass is 35.5. The minimum atomic E-state index is -1.17. The molecule has 0 unspecified atom stereocenters. The van der Waals surface area contributed by atoms with Crippen molar-refractivity contribution in [3.05, 3.63) is 58.6 Å². The van der Waals surface area contributed by atoms with Crippen molar-refractivity contribution in [1.82, 2.24) is 4.90 Å². The summed E-state index contributed by atoms with van der Waals surface area (Å²) in [7, 11) is 0. The number of phenols is 1. The Bertz CT molecular complexity index is 816. The van der Waals surface area contributed by atoms with E-state index in [2.05, 4.69) is 0 Å². The van der Waals surface area contributed by atoms with Gasteiger partial charge in [0.05, 0.1) is 10.6 Å². The molecule has 0 atom stereocenters. The van der Waals surface area contributed by atoms with Gasteiger partial charge in [0.2, 0.25) is 0 Å². The molecule has 7 heteroatoms. The second-order valence-corrected chi connectivity index (χ2v) is 6.17. The summed E-state index contributed by atoms with van der Waals surface area (Å²) >= 11 is 6.09. The van der Waals surface area contributed by atoms with Crippen LogP contribution in [-0.2, 0) is 0 Å². The van der Waals surface area contributed by atoms with Crippen LogP contribution in [0.4, 0.5) is 5.69 Å². The summed E-state index contributed by atoms with van der Waals surface area (Å²) < 4.78 is 0. The van der Waals surface area contributed by atoms with Crippen LogP contribution in [0, 0.1) is 0 Å². The average molecular weight is 361 g/mol. The number of hydrogen-bond acceptors (Lipinski definition) is 4. The summed E-state index contributed by atoms with van der Waals surface area (Å²) in [5.74, 6) is -1.54. The van der Waals surface area contributed by atoms with Crippen LogP contribution in [0.5, 0.6) is 5.75 Å². The third-order valence-electron chi connectivity index (χ3n) is 4.25. The lowest BCUT2D eigenvalue weighted by molar-refractivity contribution is 0.0693. The van der Waals surface area contributed by atoms with Crippen molar-refractivity contribution < 1.29 is 19.8 Å². The zero-order valence-corrected chi connectivity index (χ0v) is 14.1. The molecule has 6 nitrogen and oxygen atoms in total. The van der Waals surface area contributed by atoms with Crippen molar-refractivity contribution >= 4 is 29.2 Å². The number of aromatic hydroxyl groups is 1. The SMILES string of the molecule is O=C(O)c1cc(N2CCN(C(=O)c3ccccc3Cl)CC2)ccc1O. The van der Waals surface area contributed by atoms with Crippen molar-refractivity contribution in [2.24, 2.45) is 0 Å². The molecule has 1 aliphatic rings. The van der Waals surface area contributed by atoms with E-state index >= 15 is 0 Å².